The predicted octanol–water partition coefficient (Wildman–Crippen LogP) is -16.0. The van der Waals surface area contributed by atoms with Gasteiger partial charge in [0.1, 0.15) is 29.7 Å². The average molecular weight is 1430 g/mol. The van der Waals surface area contributed by atoms with Gasteiger partial charge < -0.3 is 35.4 Å². The fourth-order valence-corrected chi connectivity index (χ4v) is 12.3. The molecule has 0 aliphatic rings. The third-order valence-corrected chi connectivity index (χ3v) is 17.4. The molecule has 0 aliphatic heterocycles. The Morgan fingerprint density at radius 1 is 0.370 bits per heavy atom. The molecule has 0 aromatic heterocycles. The van der Waals surface area contributed by atoms with E-state index in [1.165, 1.54) is 72.8 Å². The van der Waals surface area contributed by atoms with Crippen molar-refractivity contribution in [2.24, 2.45) is 25.0 Å². The number of aliphatic imine (C=N–C) groups is 5. The molecule has 6 N–H and O–H groups in total. The van der Waals surface area contributed by atoms with Crippen molar-refractivity contribution in [1.82, 2.24) is 0 Å². The number of amidine groups is 1. The van der Waals surface area contributed by atoms with E-state index in [9.17, 15) is 103 Å². The minimum Gasteiger partial charge on any atom is -0.858 e. The normalized spacial score (nSPS) is 12.9. The Hall–Kier alpha value is -3.11. The molecule has 0 unspecified atom stereocenters. The third kappa shape index (κ3) is 20.5. The van der Waals surface area contributed by atoms with Gasteiger partial charge in [-0.05, 0) is 156 Å². The van der Waals surface area contributed by atoms with Crippen LogP contribution in [0.5, 0.6) is 0 Å². The van der Waals surface area contributed by atoms with Crippen LogP contribution in [-0.4, -0.2) is 107 Å². The molecule has 0 bridgehead atoms. The topological polar surface area (TPSA) is 518 Å². The number of nitrogens with zero attached hydrogens (tertiary/aromatic N) is 5. The monoisotopic (exact) mass is 1430 g/mol. The van der Waals surface area contributed by atoms with Crippen LogP contribution in [0.2, 0.25) is 0 Å². The van der Waals surface area contributed by atoms with E-state index >= 15 is 0 Å². The molecule has 41 heteroatoms. The molecule has 448 valence electrons. The smallest absolute Gasteiger partial charge is 0.858 e. The van der Waals surface area contributed by atoms with E-state index in [1.54, 1.807) is 13.8 Å². The number of fused-ring (bicyclic) bond motifs is 2. The van der Waals surface area contributed by atoms with Gasteiger partial charge in [-0.2, -0.15) is 42.1 Å². The molecule has 0 fully saturated rings. The Balaban J connectivity index is 0.00000480. The molecule has 0 radical (unpaired) electrons. The summed E-state index contributed by atoms with van der Waals surface area (Å²) in [7, 11) is -32.3. The van der Waals surface area contributed by atoms with Gasteiger partial charge in [-0.25, -0.2) is 13.4 Å². The molecule has 8 aromatic rings. The van der Waals surface area contributed by atoms with Gasteiger partial charge in [-0.1, -0.05) is 48.5 Å². The van der Waals surface area contributed by atoms with E-state index < -0.39 is 153 Å². The molecule has 0 spiro atoms. The number of hydrogen-bond acceptors (Lipinski definition) is 23. The molecule has 92 heavy (non-hydrogen) atoms. The fraction of sp³-hybridized carbons (Fsp3) is 0.0392. The second kappa shape index (κ2) is 33.0. The van der Waals surface area contributed by atoms with Crippen molar-refractivity contribution in [3.8, 4) is 0 Å². The van der Waals surface area contributed by atoms with Gasteiger partial charge >= 0.3 is 177 Å². The first-order chi connectivity index (χ1) is 39.8. The van der Waals surface area contributed by atoms with Gasteiger partial charge in [0.2, 0.25) is 0 Å². The second-order valence-corrected chi connectivity index (χ2v) is 26.4. The molecular weight excluding hydrogens is 1390 g/mol. The predicted molar refractivity (Wildman–Crippen MR) is 296 cm³/mol. The van der Waals surface area contributed by atoms with Gasteiger partial charge in [0.05, 0.1) is 44.2 Å². The average Bonchev–Trinajstić information content (AvgIpc) is 0.790. The number of rotatable bonds is 16. The number of benzene rings is 8. The molecule has 0 saturated carbocycles. The summed E-state index contributed by atoms with van der Waals surface area (Å²) in [6, 6.07) is 20.8. The number of hydrogen-bond donors (Lipinski definition) is 6. The van der Waals surface area contributed by atoms with Crippen molar-refractivity contribution in [1.29, 1.82) is 0 Å². The van der Waals surface area contributed by atoms with Gasteiger partial charge in [0.25, 0.3) is 50.6 Å². The van der Waals surface area contributed by atoms with E-state index in [0.29, 0.717) is 35.4 Å². The SMILES string of the molecule is Cc1ccc(C([O-])=Nc2cccc(C([O-])=Nc3ccc(S(=O)(=O)O)c4cc(S(=O)(=O)[O-])cc(S(=O)(=O)O)c34)c2)cc1N=C([O-])Nc1cc(C([O-])=Nc2cccc(C([O-])=Nc3ccc(S(=O)(=O)O)c4cc(S(=O)(=O)O)cc(S(=O)(=O)O)c34)c2)ccc1C.[Na+].[Na+].[Na+].[Na+].[Na+].[Na+]. The van der Waals surface area contributed by atoms with Crippen molar-refractivity contribution >= 4 is 146 Å². The van der Waals surface area contributed by atoms with Crippen molar-refractivity contribution in [3.05, 3.63) is 167 Å². The van der Waals surface area contributed by atoms with Crippen molar-refractivity contribution < 1.29 is 281 Å². The van der Waals surface area contributed by atoms with E-state index in [2.05, 4.69) is 30.3 Å². The number of aryl methyl sites for hydroxylation is 2. The van der Waals surface area contributed by atoms with Crippen LogP contribution in [-0.2, 0) is 60.7 Å². The zero-order valence-corrected chi connectivity index (χ0v) is 65.9. The quantitative estimate of drug-likeness (QED) is 0.0226. The Morgan fingerprint density at radius 3 is 1.14 bits per heavy atom. The van der Waals surface area contributed by atoms with E-state index in [-0.39, 0.29) is 234 Å². The Bertz CT molecular complexity index is 5140. The molecule has 8 aromatic carbocycles. The van der Waals surface area contributed by atoms with Crippen LogP contribution >= 0.6 is 0 Å². The fourth-order valence-electron chi connectivity index (χ4n) is 8.22. The standard InChI is InChI=1S/C51H40N6O23S6.6Na/c1-25-9-11-29(47(58)52-31-7-3-5-27(17-31)49(60)54-37-13-15-41(83(69,70)71)35-21-33(81(63,64)65)23-43(45(35)37)85(75,76)77)19-39(25)56-51(62)57-40-20-30(12-10-26(40)2)48(59)53-32-8-4-6-28(18-32)50(61)55-38-14-16-42(84(72,73)74)36-22-34(82(66,67)68)24-44(46(36)38)86(78,79)80;;;;;;/h3-24H,1-2H3,(H,52,58)(H,53,59)(H,54,60)(H,55,61)(H2,56,57,62)(H,63,64,65)(H,66,67,68)(H,69,70,71)(H,72,73,74)(H,75,76,77)(H,78,79,80);;;;;;/q;6*+1/p-6. The summed E-state index contributed by atoms with van der Waals surface area (Å²) in [5.74, 6) is -4.21. The number of nitrogens with one attached hydrogen (secondary N) is 1. The van der Waals surface area contributed by atoms with E-state index in [0.717, 1.165) is 24.3 Å². The minimum atomic E-state index is -5.52. The van der Waals surface area contributed by atoms with Crippen molar-refractivity contribution in [2.75, 3.05) is 5.32 Å². The zero-order valence-electron chi connectivity index (χ0n) is 49.0. The minimum absolute atomic E-state index is 0. The summed E-state index contributed by atoms with van der Waals surface area (Å²) in [5, 5.41) is 66.5. The molecule has 0 amide bonds. The third-order valence-electron chi connectivity index (χ3n) is 12.2. The summed E-state index contributed by atoms with van der Waals surface area (Å²) in [5.41, 5.74) is -1.64. The van der Waals surface area contributed by atoms with Crippen LogP contribution < -0.4 is 208 Å². The van der Waals surface area contributed by atoms with Crippen LogP contribution in [0.3, 0.4) is 0 Å². The van der Waals surface area contributed by atoms with Crippen LogP contribution in [0.4, 0.5) is 34.1 Å². The van der Waals surface area contributed by atoms with Crippen LogP contribution in [0.1, 0.15) is 33.4 Å². The van der Waals surface area contributed by atoms with Crippen LogP contribution in [0.25, 0.3) is 21.5 Å². The number of anilines is 1. The Kier molecular flexibility index (Phi) is 30.4. The molecule has 8 rings (SSSR count). The molecule has 0 atom stereocenters. The molecule has 29 nitrogen and oxygen atoms in total. The maximum absolute atomic E-state index is 13.5. The van der Waals surface area contributed by atoms with Crippen molar-refractivity contribution in [2.45, 2.75) is 43.2 Å². The summed E-state index contributed by atoms with van der Waals surface area (Å²) in [6.07, 6.45) is 0. The summed E-state index contributed by atoms with van der Waals surface area (Å²) in [4.78, 5) is 12.3. The maximum Gasteiger partial charge on any atom is 1.00 e. The molecule has 0 heterocycles. The largest absolute Gasteiger partial charge is 1.00 e. The first-order valence-electron chi connectivity index (χ1n) is 23.3. The van der Waals surface area contributed by atoms with E-state index in [1.807, 2.05) is 0 Å². The second-order valence-electron chi connectivity index (χ2n) is 18.0. The summed E-state index contributed by atoms with van der Waals surface area (Å²) < 4.78 is 208. The van der Waals surface area contributed by atoms with Gasteiger partial charge in [0, 0.05) is 27.2 Å². The first kappa shape index (κ1) is 85.0. The zero-order chi connectivity index (χ0) is 63.4. The van der Waals surface area contributed by atoms with Crippen molar-refractivity contribution in [3.63, 3.8) is 0 Å². The van der Waals surface area contributed by atoms with E-state index in [4.69, 9.17) is 0 Å². The van der Waals surface area contributed by atoms with Gasteiger partial charge in [0.15, 0.2) is 0 Å². The molecular formula is C51H34N6Na6O23S6. The first-order valence-corrected chi connectivity index (χ1v) is 31.9. The Labute approximate surface area is 657 Å². The molecule has 0 saturated heterocycles. The Morgan fingerprint density at radius 2 is 0.739 bits per heavy atom. The van der Waals surface area contributed by atoms with Crippen LogP contribution in [0, 0.1) is 13.8 Å². The van der Waals surface area contributed by atoms with Gasteiger partial charge in [-0.15, -0.1) is 0 Å². The summed E-state index contributed by atoms with van der Waals surface area (Å²) >= 11 is 0. The maximum atomic E-state index is 13.5. The van der Waals surface area contributed by atoms with Crippen LogP contribution in [0.15, 0.2) is 188 Å². The molecule has 0 aliphatic carbocycles. The van der Waals surface area contributed by atoms with Gasteiger partial charge in [-0.3, -0.25) is 42.7 Å². The summed E-state index contributed by atoms with van der Waals surface area (Å²) in [6.45, 7) is 3.12.